The highest BCUT2D eigenvalue weighted by Crippen LogP contribution is 2.19. The topological polar surface area (TPSA) is 41.6 Å². The summed E-state index contributed by atoms with van der Waals surface area (Å²) in [6.07, 6.45) is 1.80. The van der Waals surface area contributed by atoms with E-state index in [0.717, 1.165) is 5.69 Å². The quantitative estimate of drug-likeness (QED) is 0.585. The molecule has 5 heteroatoms. The molecule has 0 unspecified atom stereocenters. The van der Waals surface area contributed by atoms with Gasteiger partial charge in [0.05, 0.1) is 11.4 Å². The van der Waals surface area contributed by atoms with Gasteiger partial charge in [-0.25, -0.2) is 9.97 Å². The smallest absolute Gasteiger partial charge is 0.224 e. The fourth-order valence-electron chi connectivity index (χ4n) is 1.02. The average Bonchev–Trinajstić information content (AvgIpc) is 2.53. The first-order valence-corrected chi connectivity index (χ1v) is 4.35. The molecule has 13 heavy (non-hydrogen) atoms. The third-order valence-electron chi connectivity index (χ3n) is 1.54. The molecular weight excluding hydrogens is 209 g/mol. The number of aromatic nitrogens is 3. The molecule has 0 bridgehead atoms. The number of rotatable bonds is 1. The van der Waals surface area contributed by atoms with Crippen LogP contribution in [0.5, 0.6) is 0 Å². The molecule has 0 saturated heterocycles. The molecule has 2 aromatic rings. The molecule has 0 radical (unpaired) electrons. The monoisotopic (exact) mass is 213 g/mol. The molecule has 0 aromatic carbocycles. The molecule has 0 aliphatic carbocycles. The first kappa shape index (κ1) is 8.53. The molecule has 0 amide bonds. The SMILES string of the molecule is Clc1cc(-c2ccc[nH]2)nc(Cl)n1. The van der Waals surface area contributed by atoms with E-state index in [2.05, 4.69) is 15.0 Å². The highest BCUT2D eigenvalue weighted by Gasteiger charge is 2.03. The molecule has 1 N–H and O–H groups in total. The zero-order chi connectivity index (χ0) is 9.26. The van der Waals surface area contributed by atoms with Gasteiger partial charge in [0.15, 0.2) is 0 Å². The number of nitrogens with one attached hydrogen (secondary N) is 1. The maximum Gasteiger partial charge on any atom is 0.224 e. The molecule has 0 saturated carbocycles. The van der Waals surface area contributed by atoms with E-state index in [-0.39, 0.29) is 5.28 Å². The number of hydrogen-bond acceptors (Lipinski definition) is 2. The van der Waals surface area contributed by atoms with Gasteiger partial charge in [-0.2, -0.15) is 0 Å². The molecule has 2 aromatic heterocycles. The van der Waals surface area contributed by atoms with Crippen LogP contribution in [0.2, 0.25) is 10.4 Å². The molecule has 0 atom stereocenters. The molecule has 0 aliphatic rings. The maximum atomic E-state index is 5.72. The third kappa shape index (κ3) is 1.82. The van der Waals surface area contributed by atoms with Gasteiger partial charge in [-0.15, -0.1) is 0 Å². The van der Waals surface area contributed by atoms with Crippen molar-refractivity contribution in [3.63, 3.8) is 0 Å². The second-order valence-electron chi connectivity index (χ2n) is 2.43. The summed E-state index contributed by atoms with van der Waals surface area (Å²) < 4.78 is 0. The fraction of sp³-hybridized carbons (Fsp3) is 0. The highest BCUT2D eigenvalue weighted by molar-refractivity contribution is 6.32. The van der Waals surface area contributed by atoms with Crippen molar-refractivity contribution in [3.8, 4) is 11.4 Å². The number of hydrogen-bond donors (Lipinski definition) is 1. The zero-order valence-electron chi connectivity index (χ0n) is 6.46. The van der Waals surface area contributed by atoms with E-state index in [1.165, 1.54) is 0 Å². The fourth-order valence-corrected chi connectivity index (χ4v) is 1.43. The van der Waals surface area contributed by atoms with Crippen LogP contribution in [0.15, 0.2) is 24.4 Å². The lowest BCUT2D eigenvalue weighted by atomic mass is 10.3. The van der Waals surface area contributed by atoms with Crippen LogP contribution in [-0.2, 0) is 0 Å². The second kappa shape index (κ2) is 3.36. The van der Waals surface area contributed by atoms with E-state index in [4.69, 9.17) is 23.2 Å². The van der Waals surface area contributed by atoms with Gasteiger partial charge in [0.25, 0.3) is 0 Å². The van der Waals surface area contributed by atoms with Crippen LogP contribution in [0, 0.1) is 0 Å². The predicted molar refractivity (Wildman–Crippen MR) is 51.8 cm³/mol. The van der Waals surface area contributed by atoms with E-state index in [9.17, 15) is 0 Å². The molecule has 3 nitrogen and oxygen atoms in total. The van der Waals surface area contributed by atoms with Gasteiger partial charge in [0.1, 0.15) is 5.15 Å². The zero-order valence-corrected chi connectivity index (χ0v) is 7.97. The molecule has 2 heterocycles. The Hall–Kier alpha value is -1.06. The molecule has 0 fully saturated rings. The van der Waals surface area contributed by atoms with E-state index in [1.807, 2.05) is 12.1 Å². The van der Waals surface area contributed by atoms with Gasteiger partial charge >= 0.3 is 0 Å². The number of halogens is 2. The summed E-state index contributed by atoms with van der Waals surface area (Å²) in [5, 5.41) is 0.488. The Morgan fingerprint density at radius 1 is 1.23 bits per heavy atom. The summed E-state index contributed by atoms with van der Waals surface area (Å²) in [6, 6.07) is 5.41. The lowest BCUT2D eigenvalue weighted by molar-refractivity contribution is 1.16. The van der Waals surface area contributed by atoms with Crippen molar-refractivity contribution in [2.45, 2.75) is 0 Å². The van der Waals surface area contributed by atoms with E-state index in [0.29, 0.717) is 10.8 Å². The van der Waals surface area contributed by atoms with Crippen LogP contribution in [0.1, 0.15) is 0 Å². The summed E-state index contributed by atoms with van der Waals surface area (Å²) in [5.41, 5.74) is 1.56. The van der Waals surface area contributed by atoms with Crippen LogP contribution in [0.25, 0.3) is 11.4 Å². The molecule has 66 valence electrons. The van der Waals surface area contributed by atoms with Crippen LogP contribution in [0.4, 0.5) is 0 Å². The predicted octanol–water partition coefficient (Wildman–Crippen LogP) is 2.78. The van der Waals surface area contributed by atoms with Crippen LogP contribution >= 0.6 is 23.2 Å². The highest BCUT2D eigenvalue weighted by atomic mass is 35.5. The van der Waals surface area contributed by atoms with Gasteiger partial charge in [0, 0.05) is 12.3 Å². The van der Waals surface area contributed by atoms with Crippen molar-refractivity contribution in [2.75, 3.05) is 0 Å². The van der Waals surface area contributed by atoms with Gasteiger partial charge in [-0.3, -0.25) is 0 Å². The Kier molecular flexibility index (Phi) is 2.20. The summed E-state index contributed by atoms with van der Waals surface area (Å²) in [5.74, 6) is 0. The van der Waals surface area contributed by atoms with Crippen LogP contribution in [0.3, 0.4) is 0 Å². The van der Waals surface area contributed by atoms with E-state index in [1.54, 1.807) is 12.3 Å². The van der Waals surface area contributed by atoms with Crippen molar-refractivity contribution in [1.82, 2.24) is 15.0 Å². The van der Waals surface area contributed by atoms with Crippen molar-refractivity contribution >= 4 is 23.2 Å². The Bertz CT molecular complexity index is 391. The minimum absolute atomic E-state index is 0.150. The summed E-state index contributed by atoms with van der Waals surface area (Å²) in [4.78, 5) is 10.8. The number of aromatic amines is 1. The minimum atomic E-state index is 0.150. The van der Waals surface area contributed by atoms with Crippen LogP contribution < -0.4 is 0 Å². The number of H-pyrrole nitrogens is 1. The largest absolute Gasteiger partial charge is 0.360 e. The first-order chi connectivity index (χ1) is 6.25. The van der Waals surface area contributed by atoms with Crippen molar-refractivity contribution in [1.29, 1.82) is 0 Å². The summed E-state index contributed by atoms with van der Waals surface area (Å²) >= 11 is 11.4. The summed E-state index contributed by atoms with van der Waals surface area (Å²) in [6.45, 7) is 0. The lowest BCUT2D eigenvalue weighted by Gasteiger charge is -1.97. The number of nitrogens with zero attached hydrogens (tertiary/aromatic N) is 2. The Morgan fingerprint density at radius 2 is 2.08 bits per heavy atom. The van der Waals surface area contributed by atoms with Crippen molar-refractivity contribution < 1.29 is 0 Å². The van der Waals surface area contributed by atoms with E-state index < -0.39 is 0 Å². The second-order valence-corrected chi connectivity index (χ2v) is 3.15. The Balaban J connectivity index is 2.53. The third-order valence-corrected chi connectivity index (χ3v) is 1.90. The minimum Gasteiger partial charge on any atom is -0.360 e. The average molecular weight is 214 g/mol. The summed E-state index contributed by atoms with van der Waals surface area (Å²) in [7, 11) is 0. The van der Waals surface area contributed by atoms with Gasteiger partial charge in [-0.1, -0.05) is 11.6 Å². The molecule has 0 aliphatic heterocycles. The van der Waals surface area contributed by atoms with Crippen LogP contribution in [-0.4, -0.2) is 15.0 Å². The molecule has 0 spiro atoms. The van der Waals surface area contributed by atoms with E-state index >= 15 is 0 Å². The Morgan fingerprint density at radius 3 is 2.69 bits per heavy atom. The standard InChI is InChI=1S/C8H5Cl2N3/c9-7-4-6(12-8(10)13-7)5-2-1-3-11-5/h1-4,11H. The van der Waals surface area contributed by atoms with Gasteiger partial charge in [0.2, 0.25) is 5.28 Å². The van der Waals surface area contributed by atoms with Gasteiger partial charge in [-0.05, 0) is 23.7 Å². The lowest BCUT2D eigenvalue weighted by Crippen LogP contribution is -1.87. The van der Waals surface area contributed by atoms with Crippen molar-refractivity contribution in [2.24, 2.45) is 0 Å². The molecule has 2 rings (SSSR count). The molecular formula is C8H5Cl2N3. The first-order valence-electron chi connectivity index (χ1n) is 3.59. The Labute approximate surface area is 84.7 Å². The van der Waals surface area contributed by atoms with Crippen molar-refractivity contribution in [3.05, 3.63) is 34.8 Å². The maximum absolute atomic E-state index is 5.72. The normalized spacial score (nSPS) is 10.3. The van der Waals surface area contributed by atoms with Gasteiger partial charge < -0.3 is 4.98 Å².